The number of cyclic esters (lactones) is 1. The van der Waals surface area contributed by atoms with Gasteiger partial charge in [-0.1, -0.05) is 23.4 Å². The van der Waals surface area contributed by atoms with Crippen LogP contribution in [0.2, 0.25) is 0 Å². The topological polar surface area (TPSA) is 95.3 Å². The fourth-order valence-electron chi connectivity index (χ4n) is 3.47. The molecule has 0 unspecified atom stereocenters. The number of esters is 1. The molecule has 1 aliphatic heterocycles. The summed E-state index contributed by atoms with van der Waals surface area (Å²) in [4.78, 5) is 23.9. The Balaban J connectivity index is 1.25. The first-order valence-corrected chi connectivity index (χ1v) is 10.5. The van der Waals surface area contributed by atoms with Gasteiger partial charge in [0.15, 0.2) is 0 Å². The van der Waals surface area contributed by atoms with E-state index < -0.39 is 12.0 Å². The molecule has 1 aliphatic rings. The largest absolute Gasteiger partial charge is 0.464 e. The second kappa shape index (κ2) is 8.96. The van der Waals surface area contributed by atoms with Crippen LogP contribution in [0.25, 0.3) is 16.9 Å². The highest BCUT2D eigenvalue weighted by Crippen LogP contribution is 2.25. The average Bonchev–Trinajstić information content (AvgIpc) is 3.50. The van der Waals surface area contributed by atoms with E-state index in [0.29, 0.717) is 24.3 Å². The molecule has 0 bridgehead atoms. The summed E-state index contributed by atoms with van der Waals surface area (Å²) in [6.45, 7) is 0.333. The molecule has 5 rings (SSSR count). The third-order valence-electron chi connectivity index (χ3n) is 5.26. The minimum atomic E-state index is -0.584. The van der Waals surface area contributed by atoms with Crippen molar-refractivity contribution in [2.45, 2.75) is 12.5 Å². The van der Waals surface area contributed by atoms with Crippen molar-refractivity contribution in [3.05, 3.63) is 90.6 Å². The van der Waals surface area contributed by atoms with Crippen LogP contribution in [0, 0.1) is 0 Å². The third kappa shape index (κ3) is 4.59. The van der Waals surface area contributed by atoms with Gasteiger partial charge in [0.25, 0.3) is 5.91 Å². The number of ether oxygens (including phenoxy) is 2. The molecule has 1 aromatic heterocycles. The van der Waals surface area contributed by atoms with E-state index in [4.69, 9.17) is 9.47 Å². The van der Waals surface area contributed by atoms with E-state index in [9.17, 15) is 9.59 Å². The fourth-order valence-corrected chi connectivity index (χ4v) is 3.47. The van der Waals surface area contributed by atoms with Gasteiger partial charge in [0.2, 0.25) is 0 Å². The molecule has 8 nitrogen and oxygen atoms in total. The maximum Gasteiger partial charge on any atom is 0.328 e. The predicted molar refractivity (Wildman–Crippen MR) is 120 cm³/mol. The summed E-state index contributed by atoms with van der Waals surface area (Å²) in [7, 11) is 0. The van der Waals surface area contributed by atoms with Gasteiger partial charge in [-0.3, -0.25) is 4.79 Å². The van der Waals surface area contributed by atoms with Gasteiger partial charge >= 0.3 is 5.97 Å². The highest BCUT2D eigenvalue weighted by Gasteiger charge is 2.28. The Morgan fingerprint density at radius 3 is 2.39 bits per heavy atom. The molecule has 0 radical (unpaired) electrons. The average molecular weight is 440 g/mol. The van der Waals surface area contributed by atoms with Crippen molar-refractivity contribution in [3.8, 4) is 28.4 Å². The molecule has 33 heavy (non-hydrogen) atoms. The van der Waals surface area contributed by atoms with E-state index in [1.807, 2.05) is 60.8 Å². The predicted octanol–water partition coefficient (Wildman–Crippen LogP) is 3.77. The summed E-state index contributed by atoms with van der Waals surface area (Å²) in [6.07, 6.45) is 2.31. The van der Waals surface area contributed by atoms with Gasteiger partial charge < -0.3 is 14.8 Å². The van der Waals surface area contributed by atoms with Crippen LogP contribution in [0.4, 0.5) is 0 Å². The molecular weight excluding hydrogens is 420 g/mol. The van der Waals surface area contributed by atoms with Gasteiger partial charge in [0.1, 0.15) is 23.2 Å². The lowest BCUT2D eigenvalue weighted by molar-refractivity contribution is -0.139. The van der Waals surface area contributed by atoms with Crippen molar-refractivity contribution < 1.29 is 19.1 Å². The van der Waals surface area contributed by atoms with E-state index in [1.54, 1.807) is 28.9 Å². The minimum absolute atomic E-state index is 0.317. The van der Waals surface area contributed by atoms with Crippen LogP contribution in [0.15, 0.2) is 85.1 Å². The molecule has 0 saturated carbocycles. The van der Waals surface area contributed by atoms with Crippen LogP contribution in [0.5, 0.6) is 11.5 Å². The Labute approximate surface area is 189 Å². The number of rotatable bonds is 6. The standard InChI is InChI=1S/C25H20N4O4/c30-24(26-22-14-15-32-25(22)31)18-6-10-19(11-7-18)29-16-23(27-28-29)17-8-12-21(13-9-17)33-20-4-2-1-3-5-20/h1-13,16,22H,14-15H2,(H,26,30)/t22-/m0/s1. The van der Waals surface area contributed by atoms with Crippen molar-refractivity contribution in [2.24, 2.45) is 0 Å². The van der Waals surface area contributed by atoms with E-state index in [0.717, 1.165) is 22.7 Å². The molecule has 0 spiro atoms. The van der Waals surface area contributed by atoms with E-state index in [2.05, 4.69) is 15.6 Å². The molecule has 1 N–H and O–H groups in total. The first kappa shape index (κ1) is 20.4. The lowest BCUT2D eigenvalue weighted by Gasteiger charge is -2.09. The van der Waals surface area contributed by atoms with Crippen LogP contribution in [-0.2, 0) is 9.53 Å². The molecule has 1 amide bonds. The first-order valence-electron chi connectivity index (χ1n) is 10.5. The molecule has 3 aromatic carbocycles. The van der Waals surface area contributed by atoms with Gasteiger partial charge in [0.05, 0.1) is 18.5 Å². The van der Waals surface area contributed by atoms with Gasteiger partial charge in [-0.25, -0.2) is 9.48 Å². The van der Waals surface area contributed by atoms with Crippen molar-refractivity contribution >= 4 is 11.9 Å². The Bertz CT molecular complexity index is 1270. The number of hydrogen-bond acceptors (Lipinski definition) is 6. The molecule has 1 fully saturated rings. The number of carbonyl (C=O) groups is 2. The molecule has 4 aromatic rings. The van der Waals surface area contributed by atoms with E-state index >= 15 is 0 Å². The maximum atomic E-state index is 12.4. The fraction of sp³-hybridized carbons (Fsp3) is 0.120. The lowest BCUT2D eigenvalue weighted by atomic mass is 10.1. The summed E-state index contributed by atoms with van der Waals surface area (Å²) < 4.78 is 12.3. The van der Waals surface area contributed by atoms with Gasteiger partial charge in [-0.05, 0) is 60.7 Å². The molecule has 164 valence electrons. The molecule has 0 aliphatic carbocycles. The number of benzene rings is 3. The minimum Gasteiger partial charge on any atom is -0.464 e. The lowest BCUT2D eigenvalue weighted by Crippen LogP contribution is -2.37. The van der Waals surface area contributed by atoms with Crippen LogP contribution in [0.1, 0.15) is 16.8 Å². The summed E-state index contributed by atoms with van der Waals surface area (Å²) in [6, 6.07) is 23.5. The Morgan fingerprint density at radius 2 is 1.70 bits per heavy atom. The number of para-hydroxylation sites is 1. The molecule has 8 heteroatoms. The van der Waals surface area contributed by atoms with Gasteiger partial charge in [0, 0.05) is 17.5 Å². The molecular formula is C25H20N4O4. The first-order chi connectivity index (χ1) is 16.2. The van der Waals surface area contributed by atoms with Gasteiger partial charge in [-0.15, -0.1) is 5.10 Å². The zero-order valence-electron chi connectivity index (χ0n) is 17.5. The quantitative estimate of drug-likeness (QED) is 0.459. The Hall–Kier alpha value is -4.46. The number of nitrogens with zero attached hydrogens (tertiary/aromatic N) is 3. The van der Waals surface area contributed by atoms with Crippen molar-refractivity contribution in [1.29, 1.82) is 0 Å². The van der Waals surface area contributed by atoms with Crippen molar-refractivity contribution in [2.75, 3.05) is 6.61 Å². The Kier molecular flexibility index (Phi) is 5.55. The summed E-state index contributed by atoms with van der Waals surface area (Å²) in [5.41, 5.74) is 2.83. The smallest absolute Gasteiger partial charge is 0.328 e. The third-order valence-corrected chi connectivity index (χ3v) is 5.26. The summed E-state index contributed by atoms with van der Waals surface area (Å²) in [5, 5.41) is 11.1. The van der Waals surface area contributed by atoms with Crippen LogP contribution in [0.3, 0.4) is 0 Å². The second-order valence-electron chi connectivity index (χ2n) is 7.52. The zero-order valence-corrected chi connectivity index (χ0v) is 17.5. The number of hydrogen-bond donors (Lipinski definition) is 1. The maximum absolute atomic E-state index is 12.4. The number of aromatic nitrogens is 3. The number of amides is 1. The molecule has 1 atom stereocenters. The van der Waals surface area contributed by atoms with E-state index in [-0.39, 0.29) is 5.91 Å². The van der Waals surface area contributed by atoms with Gasteiger partial charge in [-0.2, -0.15) is 0 Å². The van der Waals surface area contributed by atoms with Crippen LogP contribution < -0.4 is 10.1 Å². The molecule has 1 saturated heterocycles. The monoisotopic (exact) mass is 440 g/mol. The summed E-state index contributed by atoms with van der Waals surface area (Å²) >= 11 is 0. The van der Waals surface area contributed by atoms with Crippen LogP contribution >= 0.6 is 0 Å². The van der Waals surface area contributed by atoms with Crippen molar-refractivity contribution in [3.63, 3.8) is 0 Å². The molecule has 2 heterocycles. The van der Waals surface area contributed by atoms with Crippen molar-refractivity contribution in [1.82, 2.24) is 20.3 Å². The second-order valence-corrected chi connectivity index (χ2v) is 7.52. The normalized spacial score (nSPS) is 15.2. The highest BCUT2D eigenvalue weighted by molar-refractivity contribution is 5.97. The van der Waals surface area contributed by atoms with E-state index in [1.165, 1.54) is 0 Å². The SMILES string of the molecule is O=C(N[C@H]1CCOC1=O)c1ccc(-n2cc(-c3ccc(Oc4ccccc4)cc3)nn2)cc1. The van der Waals surface area contributed by atoms with Crippen LogP contribution in [-0.4, -0.2) is 39.5 Å². The number of carbonyl (C=O) groups excluding carboxylic acids is 2. The number of nitrogens with one attached hydrogen (secondary N) is 1. The Morgan fingerprint density at radius 1 is 0.970 bits per heavy atom. The zero-order chi connectivity index (χ0) is 22.6. The highest BCUT2D eigenvalue weighted by atomic mass is 16.5. The summed E-state index contributed by atoms with van der Waals surface area (Å²) in [5.74, 6) is 0.797.